The van der Waals surface area contributed by atoms with Gasteiger partial charge in [-0.15, -0.1) is 0 Å². The predicted octanol–water partition coefficient (Wildman–Crippen LogP) is 3.52. The molecule has 3 heterocycles. The zero-order chi connectivity index (χ0) is 18.9. The number of hydrogen-bond acceptors (Lipinski definition) is 4. The molecule has 0 bridgehead atoms. The van der Waals surface area contributed by atoms with E-state index in [1.807, 2.05) is 4.90 Å². The number of aromatic nitrogens is 1. The molecule has 7 heteroatoms. The second kappa shape index (κ2) is 9.75. The van der Waals surface area contributed by atoms with Gasteiger partial charge in [-0.05, 0) is 49.4 Å². The third-order valence-corrected chi connectivity index (χ3v) is 4.88. The van der Waals surface area contributed by atoms with E-state index in [9.17, 15) is 9.59 Å². The van der Waals surface area contributed by atoms with E-state index in [1.165, 1.54) is 6.26 Å². The first-order valence-corrected chi connectivity index (χ1v) is 9.50. The highest BCUT2D eigenvalue weighted by molar-refractivity contribution is 5.91. The number of furan rings is 1. The molecule has 2 aromatic heterocycles. The Balaban J connectivity index is 1.25. The molecule has 0 spiro atoms. The van der Waals surface area contributed by atoms with Gasteiger partial charge in [0.15, 0.2) is 5.76 Å². The zero-order valence-corrected chi connectivity index (χ0v) is 15.4. The van der Waals surface area contributed by atoms with Crippen molar-refractivity contribution in [3.05, 3.63) is 48.7 Å². The molecule has 1 saturated heterocycles. The van der Waals surface area contributed by atoms with Gasteiger partial charge in [0, 0.05) is 25.8 Å². The molecule has 3 rings (SSSR count). The number of carbonyl (C=O) groups is 2. The predicted molar refractivity (Wildman–Crippen MR) is 102 cm³/mol. The lowest BCUT2D eigenvalue weighted by Gasteiger charge is -2.31. The number of rotatable bonds is 7. The quantitative estimate of drug-likeness (QED) is 0.730. The number of amides is 3. The summed E-state index contributed by atoms with van der Waals surface area (Å²) in [6.45, 7) is 2.23. The number of urea groups is 1. The summed E-state index contributed by atoms with van der Waals surface area (Å²) in [6.07, 6.45) is 10.0. The summed E-state index contributed by atoms with van der Waals surface area (Å²) in [4.78, 5) is 29.9. The molecule has 1 fully saturated rings. The molecule has 3 amide bonds. The molecular weight excluding hydrogens is 344 g/mol. The van der Waals surface area contributed by atoms with Crippen LogP contribution in [0.25, 0.3) is 0 Å². The third kappa shape index (κ3) is 5.84. The standard InChI is InChI=1S/C20H26N4O3/c25-19(18-7-4-14-27-18)24-12-8-16(9-13-24)5-1-2-11-22-20(26)23-17-6-3-10-21-15-17/h3-4,6-7,10,14-16H,1-2,5,8-9,11-13H2,(H2,22,23,26). The van der Waals surface area contributed by atoms with Gasteiger partial charge >= 0.3 is 6.03 Å². The van der Waals surface area contributed by atoms with Gasteiger partial charge in [-0.1, -0.05) is 12.8 Å². The van der Waals surface area contributed by atoms with Crippen molar-refractivity contribution >= 4 is 17.6 Å². The van der Waals surface area contributed by atoms with E-state index in [2.05, 4.69) is 15.6 Å². The van der Waals surface area contributed by atoms with Crippen LogP contribution in [0.5, 0.6) is 0 Å². The van der Waals surface area contributed by atoms with Gasteiger partial charge in [0.25, 0.3) is 5.91 Å². The first kappa shape index (κ1) is 18.9. The van der Waals surface area contributed by atoms with Gasteiger partial charge in [0.1, 0.15) is 0 Å². The highest BCUT2D eigenvalue weighted by Gasteiger charge is 2.24. The van der Waals surface area contributed by atoms with Crippen LogP contribution in [0.3, 0.4) is 0 Å². The van der Waals surface area contributed by atoms with Crippen molar-refractivity contribution in [1.29, 1.82) is 0 Å². The summed E-state index contributed by atoms with van der Waals surface area (Å²) in [5.74, 6) is 1.06. The fourth-order valence-corrected chi connectivity index (χ4v) is 3.35. The molecule has 2 aromatic rings. The van der Waals surface area contributed by atoms with Crippen molar-refractivity contribution in [2.75, 3.05) is 25.0 Å². The van der Waals surface area contributed by atoms with Crippen LogP contribution in [-0.2, 0) is 0 Å². The van der Waals surface area contributed by atoms with Crippen LogP contribution in [0.15, 0.2) is 47.3 Å². The van der Waals surface area contributed by atoms with Gasteiger partial charge in [-0.3, -0.25) is 9.78 Å². The second-order valence-electron chi connectivity index (χ2n) is 6.83. The Morgan fingerprint density at radius 3 is 2.74 bits per heavy atom. The van der Waals surface area contributed by atoms with Gasteiger partial charge in [-0.2, -0.15) is 0 Å². The maximum Gasteiger partial charge on any atom is 0.319 e. The summed E-state index contributed by atoms with van der Waals surface area (Å²) >= 11 is 0. The second-order valence-corrected chi connectivity index (χ2v) is 6.83. The van der Waals surface area contributed by atoms with Crippen molar-refractivity contribution in [2.45, 2.75) is 32.1 Å². The molecular formula is C20H26N4O3. The highest BCUT2D eigenvalue weighted by Crippen LogP contribution is 2.23. The lowest BCUT2D eigenvalue weighted by atomic mass is 9.91. The van der Waals surface area contributed by atoms with Crippen LogP contribution in [0, 0.1) is 5.92 Å². The number of hydrogen-bond donors (Lipinski definition) is 2. The van der Waals surface area contributed by atoms with Gasteiger partial charge in [0.05, 0.1) is 18.1 Å². The highest BCUT2D eigenvalue weighted by atomic mass is 16.3. The van der Waals surface area contributed by atoms with E-state index < -0.39 is 0 Å². The Kier molecular flexibility index (Phi) is 6.84. The number of nitrogens with one attached hydrogen (secondary N) is 2. The topological polar surface area (TPSA) is 87.5 Å². The fraction of sp³-hybridized carbons (Fsp3) is 0.450. The summed E-state index contributed by atoms with van der Waals surface area (Å²) in [7, 11) is 0. The maximum atomic E-state index is 12.2. The molecule has 1 aliphatic heterocycles. The maximum absolute atomic E-state index is 12.2. The van der Waals surface area contributed by atoms with Crippen LogP contribution in [0.2, 0.25) is 0 Å². The Bertz CT molecular complexity index is 710. The molecule has 0 unspecified atom stereocenters. The molecule has 2 N–H and O–H groups in total. The number of piperidine rings is 1. The van der Waals surface area contributed by atoms with Crippen molar-refractivity contribution in [2.24, 2.45) is 5.92 Å². The molecule has 27 heavy (non-hydrogen) atoms. The summed E-state index contributed by atoms with van der Waals surface area (Å²) in [6, 6.07) is 6.84. The van der Waals surface area contributed by atoms with Crippen LogP contribution >= 0.6 is 0 Å². The van der Waals surface area contributed by atoms with Gasteiger partial charge in [0.2, 0.25) is 0 Å². The first-order chi connectivity index (χ1) is 13.2. The number of likely N-dealkylation sites (tertiary alicyclic amines) is 1. The van der Waals surface area contributed by atoms with Crippen LogP contribution in [0.4, 0.5) is 10.5 Å². The first-order valence-electron chi connectivity index (χ1n) is 9.50. The van der Waals surface area contributed by atoms with E-state index in [1.54, 1.807) is 36.7 Å². The number of nitrogens with zero attached hydrogens (tertiary/aromatic N) is 2. The molecule has 7 nitrogen and oxygen atoms in total. The normalized spacial score (nSPS) is 14.7. The smallest absolute Gasteiger partial charge is 0.319 e. The Morgan fingerprint density at radius 2 is 2.04 bits per heavy atom. The van der Waals surface area contributed by atoms with E-state index in [0.29, 0.717) is 23.9 Å². The largest absolute Gasteiger partial charge is 0.459 e. The van der Waals surface area contributed by atoms with E-state index in [4.69, 9.17) is 4.42 Å². The molecule has 0 aliphatic carbocycles. The van der Waals surface area contributed by atoms with E-state index in [-0.39, 0.29) is 11.9 Å². The molecule has 0 saturated carbocycles. The van der Waals surface area contributed by atoms with Gasteiger partial charge in [-0.25, -0.2) is 4.79 Å². The van der Waals surface area contributed by atoms with Crippen LogP contribution in [0.1, 0.15) is 42.7 Å². The zero-order valence-electron chi connectivity index (χ0n) is 15.4. The summed E-state index contributed by atoms with van der Waals surface area (Å²) < 4.78 is 5.19. The monoisotopic (exact) mass is 370 g/mol. The molecule has 144 valence electrons. The molecule has 0 aromatic carbocycles. The van der Waals surface area contributed by atoms with E-state index in [0.717, 1.165) is 45.2 Å². The Labute approximate surface area is 159 Å². The van der Waals surface area contributed by atoms with Gasteiger partial charge < -0.3 is 20.0 Å². The lowest BCUT2D eigenvalue weighted by molar-refractivity contribution is 0.0654. The number of carbonyl (C=O) groups excluding carboxylic acids is 2. The Hall–Kier alpha value is -2.83. The van der Waals surface area contributed by atoms with Crippen molar-refractivity contribution in [3.8, 4) is 0 Å². The number of pyridine rings is 1. The summed E-state index contributed by atoms with van der Waals surface area (Å²) in [5, 5.41) is 5.62. The van der Waals surface area contributed by atoms with Crippen molar-refractivity contribution < 1.29 is 14.0 Å². The van der Waals surface area contributed by atoms with E-state index >= 15 is 0 Å². The molecule has 0 radical (unpaired) electrons. The van der Waals surface area contributed by atoms with Crippen LogP contribution < -0.4 is 10.6 Å². The molecule has 0 atom stereocenters. The number of unbranched alkanes of at least 4 members (excludes halogenated alkanes) is 1. The minimum atomic E-state index is -0.201. The third-order valence-electron chi connectivity index (χ3n) is 4.88. The van der Waals surface area contributed by atoms with Crippen molar-refractivity contribution in [1.82, 2.24) is 15.2 Å². The van der Waals surface area contributed by atoms with Crippen LogP contribution in [-0.4, -0.2) is 41.5 Å². The van der Waals surface area contributed by atoms with Crippen molar-refractivity contribution in [3.63, 3.8) is 0 Å². The summed E-state index contributed by atoms with van der Waals surface area (Å²) in [5.41, 5.74) is 0.686. The lowest BCUT2D eigenvalue weighted by Crippen LogP contribution is -2.38. The minimum Gasteiger partial charge on any atom is -0.459 e. The molecule has 1 aliphatic rings. The average Bonchev–Trinajstić information content (AvgIpc) is 3.23. The Morgan fingerprint density at radius 1 is 1.19 bits per heavy atom. The number of anilines is 1. The SMILES string of the molecule is O=C(NCCCCC1CCN(C(=O)c2ccco2)CC1)Nc1cccnc1. The average molecular weight is 370 g/mol. The fourth-order valence-electron chi connectivity index (χ4n) is 3.35. The minimum absolute atomic E-state index is 0.0118.